The van der Waals surface area contributed by atoms with Crippen molar-refractivity contribution < 1.29 is 0 Å². The maximum absolute atomic E-state index is 6.23. The SMILES string of the molecule is NCC(N)c1nc(-c2ccncc2)nc2cc(-c3ccccc3)sc12. The van der Waals surface area contributed by atoms with Gasteiger partial charge in [-0.15, -0.1) is 11.3 Å². The van der Waals surface area contributed by atoms with Gasteiger partial charge in [0.05, 0.1) is 22.0 Å². The molecule has 4 N–H and O–H groups in total. The number of hydrogen-bond acceptors (Lipinski definition) is 6. The lowest BCUT2D eigenvalue weighted by molar-refractivity contribution is 0.718. The van der Waals surface area contributed by atoms with E-state index in [-0.39, 0.29) is 6.04 Å². The first-order chi connectivity index (χ1) is 12.3. The Morgan fingerprint density at radius 3 is 2.44 bits per heavy atom. The number of nitrogens with zero attached hydrogens (tertiary/aromatic N) is 3. The quantitative estimate of drug-likeness (QED) is 0.590. The molecular formula is C19H17N5S. The summed E-state index contributed by atoms with van der Waals surface area (Å²) in [6.07, 6.45) is 3.46. The second kappa shape index (κ2) is 6.68. The molecule has 3 heterocycles. The summed E-state index contributed by atoms with van der Waals surface area (Å²) in [4.78, 5) is 14.7. The van der Waals surface area contributed by atoms with Crippen molar-refractivity contribution >= 4 is 21.6 Å². The van der Waals surface area contributed by atoms with E-state index in [0.717, 1.165) is 31.9 Å². The van der Waals surface area contributed by atoms with Gasteiger partial charge in [0, 0.05) is 29.4 Å². The van der Waals surface area contributed by atoms with Crippen LogP contribution in [0.2, 0.25) is 0 Å². The van der Waals surface area contributed by atoms with E-state index in [1.807, 2.05) is 30.3 Å². The van der Waals surface area contributed by atoms with Gasteiger partial charge in [-0.25, -0.2) is 9.97 Å². The second-order valence-electron chi connectivity index (χ2n) is 5.70. The number of aromatic nitrogens is 3. The minimum atomic E-state index is -0.326. The van der Waals surface area contributed by atoms with Crippen molar-refractivity contribution in [3.63, 3.8) is 0 Å². The minimum absolute atomic E-state index is 0.326. The van der Waals surface area contributed by atoms with Gasteiger partial charge in [-0.05, 0) is 23.8 Å². The van der Waals surface area contributed by atoms with Gasteiger partial charge in [0.15, 0.2) is 5.82 Å². The predicted octanol–water partition coefficient (Wildman–Crippen LogP) is 3.38. The summed E-state index contributed by atoms with van der Waals surface area (Å²) in [5.41, 5.74) is 15.8. The van der Waals surface area contributed by atoms with Crippen LogP contribution in [0.3, 0.4) is 0 Å². The largest absolute Gasteiger partial charge is 0.329 e. The summed E-state index contributed by atoms with van der Waals surface area (Å²) >= 11 is 1.65. The van der Waals surface area contributed by atoms with E-state index in [4.69, 9.17) is 21.4 Å². The first-order valence-corrected chi connectivity index (χ1v) is 8.81. The third kappa shape index (κ3) is 3.02. The summed E-state index contributed by atoms with van der Waals surface area (Å²) in [7, 11) is 0. The highest BCUT2D eigenvalue weighted by Gasteiger charge is 2.17. The van der Waals surface area contributed by atoms with Crippen LogP contribution >= 0.6 is 11.3 Å². The number of hydrogen-bond donors (Lipinski definition) is 2. The van der Waals surface area contributed by atoms with Crippen molar-refractivity contribution in [3.05, 3.63) is 66.6 Å². The lowest BCUT2D eigenvalue weighted by Gasteiger charge is -2.11. The van der Waals surface area contributed by atoms with Crippen LogP contribution in [0.25, 0.3) is 32.0 Å². The monoisotopic (exact) mass is 347 g/mol. The number of nitrogens with two attached hydrogens (primary N) is 2. The van der Waals surface area contributed by atoms with Crippen molar-refractivity contribution in [3.8, 4) is 21.8 Å². The number of rotatable bonds is 4. The van der Waals surface area contributed by atoms with E-state index < -0.39 is 0 Å². The van der Waals surface area contributed by atoms with Crippen molar-refractivity contribution in [2.45, 2.75) is 6.04 Å². The van der Waals surface area contributed by atoms with Gasteiger partial charge < -0.3 is 11.5 Å². The van der Waals surface area contributed by atoms with Gasteiger partial charge in [0.25, 0.3) is 0 Å². The Kier molecular flexibility index (Phi) is 4.23. The van der Waals surface area contributed by atoms with Gasteiger partial charge in [0.2, 0.25) is 0 Å². The molecule has 3 aromatic heterocycles. The van der Waals surface area contributed by atoms with Crippen molar-refractivity contribution in [1.29, 1.82) is 0 Å². The van der Waals surface area contributed by atoms with Crippen LogP contribution < -0.4 is 11.5 Å². The highest BCUT2D eigenvalue weighted by atomic mass is 32.1. The van der Waals surface area contributed by atoms with Gasteiger partial charge in [-0.1, -0.05) is 30.3 Å². The molecule has 0 saturated carbocycles. The standard InChI is InChI=1S/C19H17N5S/c20-11-14(21)17-18-15(10-16(25-18)12-4-2-1-3-5-12)23-19(24-17)13-6-8-22-9-7-13/h1-10,14H,11,20-21H2. The zero-order valence-corrected chi connectivity index (χ0v) is 14.3. The summed E-state index contributed by atoms with van der Waals surface area (Å²) in [6.45, 7) is 0.334. The lowest BCUT2D eigenvalue weighted by atomic mass is 10.1. The Hall–Kier alpha value is -2.67. The molecule has 4 aromatic rings. The number of thiophene rings is 1. The molecule has 1 atom stereocenters. The molecule has 1 aromatic carbocycles. The van der Waals surface area contributed by atoms with Crippen LogP contribution in [0.5, 0.6) is 0 Å². The maximum atomic E-state index is 6.23. The molecule has 25 heavy (non-hydrogen) atoms. The zero-order valence-electron chi connectivity index (χ0n) is 13.5. The molecule has 6 heteroatoms. The highest BCUT2D eigenvalue weighted by Crippen LogP contribution is 2.36. The lowest BCUT2D eigenvalue weighted by Crippen LogP contribution is -2.22. The molecular weight excluding hydrogens is 330 g/mol. The van der Waals surface area contributed by atoms with Crippen LogP contribution in [-0.4, -0.2) is 21.5 Å². The third-order valence-electron chi connectivity index (χ3n) is 4.00. The maximum Gasteiger partial charge on any atom is 0.160 e. The number of pyridine rings is 1. The Morgan fingerprint density at radius 2 is 1.72 bits per heavy atom. The molecule has 0 aliphatic heterocycles. The predicted molar refractivity (Wildman–Crippen MR) is 102 cm³/mol. The molecule has 0 radical (unpaired) electrons. The van der Waals surface area contributed by atoms with E-state index >= 15 is 0 Å². The van der Waals surface area contributed by atoms with Gasteiger partial charge in [-0.3, -0.25) is 4.98 Å². The van der Waals surface area contributed by atoms with E-state index in [2.05, 4.69) is 23.2 Å². The van der Waals surface area contributed by atoms with Crippen LogP contribution in [0.1, 0.15) is 11.7 Å². The van der Waals surface area contributed by atoms with E-state index in [1.54, 1.807) is 23.7 Å². The molecule has 1 unspecified atom stereocenters. The Labute approximate surface area is 149 Å². The molecule has 0 aliphatic rings. The molecule has 0 aliphatic carbocycles. The number of benzene rings is 1. The normalized spacial score (nSPS) is 12.4. The fourth-order valence-electron chi connectivity index (χ4n) is 2.69. The Bertz CT molecular complexity index is 998. The summed E-state index contributed by atoms with van der Waals surface area (Å²) in [5.74, 6) is 0.645. The fraction of sp³-hybridized carbons (Fsp3) is 0.105. The number of fused-ring (bicyclic) bond motifs is 1. The van der Waals surface area contributed by atoms with Crippen LogP contribution in [-0.2, 0) is 0 Å². The van der Waals surface area contributed by atoms with Crippen molar-refractivity contribution in [1.82, 2.24) is 15.0 Å². The van der Waals surface area contributed by atoms with Gasteiger partial charge >= 0.3 is 0 Å². The molecule has 0 fully saturated rings. The van der Waals surface area contributed by atoms with Crippen LogP contribution in [0.4, 0.5) is 0 Å². The molecule has 4 rings (SSSR count). The topological polar surface area (TPSA) is 90.7 Å². The molecule has 0 spiro atoms. The fourth-order valence-corrected chi connectivity index (χ4v) is 3.84. The first-order valence-electron chi connectivity index (χ1n) is 7.99. The second-order valence-corrected chi connectivity index (χ2v) is 6.75. The molecule has 0 bridgehead atoms. The Balaban J connectivity index is 1.93. The average Bonchev–Trinajstić information content (AvgIpc) is 3.12. The van der Waals surface area contributed by atoms with E-state index in [9.17, 15) is 0 Å². The average molecular weight is 347 g/mol. The molecule has 124 valence electrons. The van der Waals surface area contributed by atoms with Crippen LogP contribution in [0.15, 0.2) is 60.9 Å². The highest BCUT2D eigenvalue weighted by molar-refractivity contribution is 7.22. The smallest absolute Gasteiger partial charge is 0.160 e. The Morgan fingerprint density at radius 1 is 0.960 bits per heavy atom. The minimum Gasteiger partial charge on any atom is -0.329 e. The van der Waals surface area contributed by atoms with Crippen molar-refractivity contribution in [2.75, 3.05) is 6.54 Å². The third-order valence-corrected chi connectivity index (χ3v) is 5.20. The van der Waals surface area contributed by atoms with Gasteiger partial charge in [0.1, 0.15) is 0 Å². The van der Waals surface area contributed by atoms with Crippen LogP contribution in [0, 0.1) is 0 Å². The van der Waals surface area contributed by atoms with E-state index in [1.165, 1.54) is 0 Å². The molecule has 0 saturated heterocycles. The van der Waals surface area contributed by atoms with E-state index in [0.29, 0.717) is 12.4 Å². The first kappa shape index (κ1) is 15.8. The summed E-state index contributed by atoms with van der Waals surface area (Å²) in [6, 6.07) is 15.8. The summed E-state index contributed by atoms with van der Waals surface area (Å²) in [5, 5.41) is 0. The molecule has 5 nitrogen and oxygen atoms in total. The van der Waals surface area contributed by atoms with Crippen molar-refractivity contribution in [2.24, 2.45) is 11.5 Å². The van der Waals surface area contributed by atoms with Gasteiger partial charge in [-0.2, -0.15) is 0 Å². The molecule has 0 amide bonds. The summed E-state index contributed by atoms with van der Waals surface area (Å²) < 4.78 is 0.995. The zero-order chi connectivity index (χ0) is 17.2.